The molecule has 26 heavy (non-hydrogen) atoms. The largest absolute Gasteiger partial charge is 1.00 e. The molecular formula is C17H26NNa2O5P. The van der Waals surface area contributed by atoms with Crippen LogP contribution in [0.4, 0.5) is 0 Å². The zero-order chi connectivity index (χ0) is 18.0. The fraction of sp³-hybridized carbons (Fsp3) is 0.588. The number of unbranched alkanes of at least 4 members (excludes halogenated alkanes) is 4. The van der Waals surface area contributed by atoms with Crippen molar-refractivity contribution in [3.8, 4) is 0 Å². The number of carbonyl (C=O) groups excluding carboxylic acids is 1. The molecule has 1 N–H and O–H groups in total. The van der Waals surface area contributed by atoms with Gasteiger partial charge in [-0.15, -0.1) is 0 Å². The van der Waals surface area contributed by atoms with Crippen molar-refractivity contribution in [3.63, 3.8) is 0 Å². The molecule has 1 amide bonds. The monoisotopic (exact) mass is 401 g/mol. The van der Waals surface area contributed by atoms with Gasteiger partial charge in [-0.05, 0) is 18.9 Å². The Bertz CT molecular complexity index is 541. The summed E-state index contributed by atoms with van der Waals surface area (Å²) in [4.78, 5) is 33.9. The van der Waals surface area contributed by atoms with Gasteiger partial charge in [-0.3, -0.25) is 4.79 Å². The number of carbonyl (C=O) groups is 1. The van der Waals surface area contributed by atoms with E-state index in [9.17, 15) is 19.1 Å². The summed E-state index contributed by atoms with van der Waals surface area (Å²) in [5, 5.41) is 2.78. The SMILES string of the molecule is CCCCCCCC(=O)N[C@H](c1ccccc1)[C@@H](C)OP(=O)([O-])[O-].[Na+].[Na+]. The Morgan fingerprint density at radius 2 is 1.69 bits per heavy atom. The first-order valence-electron chi connectivity index (χ1n) is 8.38. The second-order valence-corrected chi connectivity index (χ2v) is 6.98. The normalized spacial score (nSPS) is 13.1. The molecule has 0 aliphatic rings. The van der Waals surface area contributed by atoms with Gasteiger partial charge in [-0.1, -0.05) is 62.9 Å². The van der Waals surface area contributed by atoms with Crippen LogP contribution in [0.1, 0.15) is 64.0 Å². The minimum absolute atomic E-state index is 0. The molecule has 1 rings (SSSR count). The number of rotatable bonds is 11. The first-order chi connectivity index (χ1) is 11.3. The minimum Gasteiger partial charge on any atom is -0.790 e. The number of nitrogens with one attached hydrogen (secondary N) is 1. The molecule has 0 aliphatic carbocycles. The van der Waals surface area contributed by atoms with Crippen LogP contribution in [0, 0.1) is 0 Å². The van der Waals surface area contributed by atoms with Gasteiger partial charge >= 0.3 is 59.1 Å². The molecule has 0 bridgehead atoms. The molecule has 136 valence electrons. The van der Waals surface area contributed by atoms with E-state index in [1.807, 2.05) is 6.07 Å². The Hall–Kier alpha value is 0.800. The third-order valence-corrected chi connectivity index (χ3v) is 4.34. The molecule has 0 saturated heterocycles. The Morgan fingerprint density at radius 3 is 2.23 bits per heavy atom. The molecule has 0 saturated carbocycles. The number of hydrogen-bond donors (Lipinski definition) is 1. The van der Waals surface area contributed by atoms with E-state index >= 15 is 0 Å². The fourth-order valence-corrected chi connectivity index (χ4v) is 3.06. The third-order valence-electron chi connectivity index (χ3n) is 3.75. The van der Waals surface area contributed by atoms with Crippen LogP contribution in [0.3, 0.4) is 0 Å². The van der Waals surface area contributed by atoms with Gasteiger partial charge in [-0.2, -0.15) is 0 Å². The zero-order valence-corrected chi connectivity index (χ0v) is 21.2. The van der Waals surface area contributed by atoms with Crippen LogP contribution < -0.4 is 74.2 Å². The van der Waals surface area contributed by atoms with Crippen molar-refractivity contribution in [3.05, 3.63) is 35.9 Å². The molecule has 0 aliphatic heterocycles. The summed E-state index contributed by atoms with van der Waals surface area (Å²) < 4.78 is 15.4. The molecule has 0 unspecified atom stereocenters. The molecule has 1 aromatic carbocycles. The molecule has 0 heterocycles. The number of phosphoric acid groups is 1. The minimum atomic E-state index is -5.12. The van der Waals surface area contributed by atoms with E-state index in [1.54, 1.807) is 24.3 Å². The Labute approximate surface area is 200 Å². The van der Waals surface area contributed by atoms with E-state index in [-0.39, 0.29) is 65.0 Å². The standard InChI is InChI=1S/C17H28NO5P.2Na/c1-3-4-5-6-10-13-16(19)18-17(14(2)23-24(20,21)22)15-11-8-7-9-12-15;;/h7-9,11-12,14,17H,3-6,10,13H2,1-2H3,(H,18,19)(H2,20,21,22);;/q;2*+1/p-2/t14-,17+;;/m1../s1. The number of amides is 1. The number of benzene rings is 1. The topological polar surface area (TPSA) is 102 Å². The number of hydrogen-bond acceptors (Lipinski definition) is 5. The van der Waals surface area contributed by atoms with Crippen molar-refractivity contribution in [1.29, 1.82) is 0 Å². The Morgan fingerprint density at radius 1 is 1.12 bits per heavy atom. The third kappa shape index (κ3) is 13.1. The molecule has 1 aromatic rings. The van der Waals surface area contributed by atoms with Crippen molar-refractivity contribution in [2.45, 2.75) is 64.5 Å². The smallest absolute Gasteiger partial charge is 0.790 e. The molecule has 2 atom stereocenters. The van der Waals surface area contributed by atoms with Crippen LogP contribution in [-0.4, -0.2) is 12.0 Å². The predicted molar refractivity (Wildman–Crippen MR) is 88.9 cm³/mol. The Balaban J connectivity index is 0. The summed E-state index contributed by atoms with van der Waals surface area (Å²) in [5.74, 6) is -0.178. The van der Waals surface area contributed by atoms with Gasteiger partial charge in [0.25, 0.3) is 0 Å². The zero-order valence-electron chi connectivity index (χ0n) is 16.3. The van der Waals surface area contributed by atoms with Gasteiger partial charge in [0.05, 0.1) is 20.0 Å². The quantitative estimate of drug-likeness (QED) is 0.235. The second kappa shape index (κ2) is 15.7. The predicted octanol–water partition coefficient (Wildman–Crippen LogP) is -3.55. The van der Waals surface area contributed by atoms with Gasteiger partial charge in [-0.25, -0.2) is 0 Å². The fourth-order valence-electron chi connectivity index (χ4n) is 2.53. The summed E-state index contributed by atoms with van der Waals surface area (Å²) in [6.07, 6.45) is 4.55. The molecule has 0 fully saturated rings. The first-order valence-corrected chi connectivity index (χ1v) is 9.84. The van der Waals surface area contributed by atoms with Gasteiger partial charge in [0.15, 0.2) is 0 Å². The van der Waals surface area contributed by atoms with Crippen LogP contribution in [0.15, 0.2) is 30.3 Å². The van der Waals surface area contributed by atoms with Crippen LogP contribution in [-0.2, 0) is 13.9 Å². The van der Waals surface area contributed by atoms with Crippen molar-refractivity contribution < 1.29 is 82.8 Å². The van der Waals surface area contributed by atoms with E-state index < -0.39 is 20.0 Å². The first kappa shape index (κ1) is 29.0. The molecule has 0 spiro atoms. The maximum atomic E-state index is 12.1. The van der Waals surface area contributed by atoms with E-state index in [0.29, 0.717) is 12.0 Å². The van der Waals surface area contributed by atoms with Crippen molar-refractivity contribution >= 4 is 13.7 Å². The van der Waals surface area contributed by atoms with Gasteiger partial charge in [0.2, 0.25) is 5.91 Å². The molecular weight excluding hydrogens is 375 g/mol. The maximum Gasteiger partial charge on any atom is 1.00 e. The van der Waals surface area contributed by atoms with Gasteiger partial charge in [0, 0.05) is 6.42 Å². The van der Waals surface area contributed by atoms with Crippen LogP contribution in [0.2, 0.25) is 0 Å². The van der Waals surface area contributed by atoms with Gasteiger partial charge in [0.1, 0.15) is 0 Å². The maximum absolute atomic E-state index is 12.1. The summed E-state index contributed by atoms with van der Waals surface area (Å²) >= 11 is 0. The number of phosphoric ester groups is 1. The van der Waals surface area contributed by atoms with Crippen LogP contribution in [0.25, 0.3) is 0 Å². The average Bonchev–Trinajstić information content (AvgIpc) is 2.51. The summed E-state index contributed by atoms with van der Waals surface area (Å²) in [7, 11) is -5.12. The molecule has 0 radical (unpaired) electrons. The second-order valence-electron chi connectivity index (χ2n) is 5.88. The van der Waals surface area contributed by atoms with Gasteiger partial charge < -0.3 is 24.2 Å². The van der Waals surface area contributed by atoms with Crippen molar-refractivity contribution in [1.82, 2.24) is 5.32 Å². The van der Waals surface area contributed by atoms with Crippen LogP contribution >= 0.6 is 7.82 Å². The summed E-state index contributed by atoms with van der Waals surface area (Å²) in [5.41, 5.74) is 0.692. The summed E-state index contributed by atoms with van der Waals surface area (Å²) in [6.45, 7) is 3.59. The van der Waals surface area contributed by atoms with Crippen molar-refractivity contribution in [2.24, 2.45) is 0 Å². The van der Waals surface area contributed by atoms with Crippen LogP contribution in [0.5, 0.6) is 0 Å². The van der Waals surface area contributed by atoms with E-state index in [4.69, 9.17) is 0 Å². The van der Waals surface area contributed by atoms with Crippen molar-refractivity contribution in [2.75, 3.05) is 0 Å². The molecule has 9 heteroatoms. The molecule has 6 nitrogen and oxygen atoms in total. The Kier molecular flexibility index (Phi) is 17.5. The summed E-state index contributed by atoms with van der Waals surface area (Å²) in [6, 6.07) is 8.19. The molecule has 0 aromatic heterocycles. The van der Waals surface area contributed by atoms with E-state index in [2.05, 4.69) is 16.8 Å². The van der Waals surface area contributed by atoms with E-state index in [0.717, 1.165) is 32.1 Å². The average molecular weight is 401 g/mol. The van der Waals surface area contributed by atoms with E-state index in [1.165, 1.54) is 6.92 Å².